The van der Waals surface area contributed by atoms with Crippen molar-refractivity contribution in [1.29, 1.82) is 0 Å². The summed E-state index contributed by atoms with van der Waals surface area (Å²) in [7, 11) is 0. The quantitative estimate of drug-likeness (QED) is 0.915. The van der Waals surface area contributed by atoms with E-state index in [9.17, 15) is 13.2 Å². The highest BCUT2D eigenvalue weighted by Crippen LogP contribution is 2.34. The van der Waals surface area contributed by atoms with Gasteiger partial charge in [-0.3, -0.25) is 4.68 Å². The molecule has 1 saturated heterocycles. The Labute approximate surface area is 124 Å². The zero-order valence-corrected chi connectivity index (χ0v) is 12.2. The van der Waals surface area contributed by atoms with E-state index in [4.69, 9.17) is 0 Å². The fraction of sp³-hybridized carbons (Fsp3) is 0.583. The highest BCUT2D eigenvalue weighted by Gasteiger charge is 2.31. The minimum atomic E-state index is -4.23. The molecule has 0 radical (unpaired) electrons. The molecule has 1 aliphatic heterocycles. The van der Waals surface area contributed by atoms with E-state index in [1.54, 1.807) is 6.07 Å². The van der Waals surface area contributed by atoms with Crippen LogP contribution in [-0.2, 0) is 6.54 Å². The number of alkyl halides is 3. The first-order chi connectivity index (χ1) is 9.04. The van der Waals surface area contributed by atoms with Crippen molar-refractivity contribution in [2.24, 2.45) is 0 Å². The van der Waals surface area contributed by atoms with E-state index in [0.717, 1.165) is 41.0 Å². The van der Waals surface area contributed by atoms with Crippen LogP contribution < -0.4 is 5.32 Å². The Kier molecular flexibility index (Phi) is 4.61. The molecule has 1 fully saturated rings. The fourth-order valence-electron chi connectivity index (χ4n) is 2.58. The summed E-state index contributed by atoms with van der Waals surface area (Å²) in [6, 6.07) is 1.73. The van der Waals surface area contributed by atoms with Crippen molar-refractivity contribution < 1.29 is 13.2 Å². The predicted octanol–water partition coefficient (Wildman–Crippen LogP) is 3.55. The van der Waals surface area contributed by atoms with Crippen LogP contribution in [0, 0.1) is 0 Å². The molecule has 0 unspecified atom stereocenters. The van der Waals surface area contributed by atoms with Gasteiger partial charge >= 0.3 is 6.18 Å². The number of nitrogens with one attached hydrogen (secondary N) is 1. The van der Waals surface area contributed by atoms with E-state index in [2.05, 4.69) is 10.4 Å². The van der Waals surface area contributed by atoms with Gasteiger partial charge in [-0.15, -0.1) is 23.7 Å². The van der Waals surface area contributed by atoms with E-state index in [-0.39, 0.29) is 18.3 Å². The SMILES string of the molecule is Cl.FC(F)(F)Cn1nc(C2CCNCC2)c2sccc21. The molecule has 3 heterocycles. The summed E-state index contributed by atoms with van der Waals surface area (Å²) in [5, 5.41) is 9.33. The van der Waals surface area contributed by atoms with Crippen LogP contribution in [0.5, 0.6) is 0 Å². The predicted molar refractivity (Wildman–Crippen MR) is 75.8 cm³/mol. The summed E-state index contributed by atoms with van der Waals surface area (Å²) in [5.74, 6) is 0.275. The molecule has 1 N–H and O–H groups in total. The Balaban J connectivity index is 0.00000147. The van der Waals surface area contributed by atoms with Gasteiger partial charge in [-0.2, -0.15) is 18.3 Å². The zero-order valence-electron chi connectivity index (χ0n) is 10.6. The highest BCUT2D eigenvalue weighted by atomic mass is 35.5. The number of piperidine rings is 1. The average molecular weight is 326 g/mol. The lowest BCUT2D eigenvalue weighted by molar-refractivity contribution is -0.141. The first-order valence-electron chi connectivity index (χ1n) is 6.26. The van der Waals surface area contributed by atoms with Gasteiger partial charge in [0.2, 0.25) is 0 Å². The highest BCUT2D eigenvalue weighted by molar-refractivity contribution is 7.17. The molecule has 0 saturated carbocycles. The maximum Gasteiger partial charge on any atom is 0.408 e. The second-order valence-corrected chi connectivity index (χ2v) is 5.73. The average Bonchev–Trinajstić information content (AvgIpc) is 2.92. The van der Waals surface area contributed by atoms with Crippen LogP contribution in [0.15, 0.2) is 11.4 Å². The lowest BCUT2D eigenvalue weighted by Gasteiger charge is -2.20. The second kappa shape index (κ2) is 5.91. The van der Waals surface area contributed by atoms with Gasteiger partial charge in [-0.1, -0.05) is 0 Å². The molecular weight excluding hydrogens is 311 g/mol. The number of thiophene rings is 1. The molecule has 3 nitrogen and oxygen atoms in total. The number of aromatic nitrogens is 2. The molecule has 8 heteroatoms. The van der Waals surface area contributed by atoms with E-state index >= 15 is 0 Å². The first-order valence-corrected chi connectivity index (χ1v) is 7.14. The topological polar surface area (TPSA) is 29.9 Å². The van der Waals surface area contributed by atoms with Gasteiger partial charge in [0.05, 0.1) is 15.9 Å². The largest absolute Gasteiger partial charge is 0.408 e. The van der Waals surface area contributed by atoms with Crippen molar-refractivity contribution in [3.63, 3.8) is 0 Å². The maximum atomic E-state index is 12.6. The number of halogens is 4. The van der Waals surface area contributed by atoms with Gasteiger partial charge in [0.1, 0.15) is 6.54 Å². The van der Waals surface area contributed by atoms with Crippen LogP contribution in [0.2, 0.25) is 0 Å². The Bertz CT molecular complexity index is 572. The molecule has 0 amide bonds. The minimum absolute atomic E-state index is 0. The summed E-state index contributed by atoms with van der Waals surface area (Å²) < 4.78 is 39.7. The zero-order chi connectivity index (χ0) is 13.5. The van der Waals surface area contributed by atoms with Crippen LogP contribution in [0.1, 0.15) is 24.5 Å². The molecule has 2 aromatic heterocycles. The molecule has 2 aromatic rings. The van der Waals surface area contributed by atoms with Gasteiger partial charge in [-0.25, -0.2) is 0 Å². The molecule has 1 aliphatic rings. The monoisotopic (exact) mass is 325 g/mol. The van der Waals surface area contributed by atoms with Gasteiger partial charge in [0.25, 0.3) is 0 Å². The van der Waals surface area contributed by atoms with Crippen molar-refractivity contribution in [3.05, 3.63) is 17.1 Å². The van der Waals surface area contributed by atoms with Crippen molar-refractivity contribution in [3.8, 4) is 0 Å². The molecule has 20 heavy (non-hydrogen) atoms. The van der Waals surface area contributed by atoms with Gasteiger partial charge in [0.15, 0.2) is 0 Å². The lowest BCUT2D eigenvalue weighted by atomic mass is 9.95. The number of rotatable bonds is 2. The number of nitrogens with zero attached hydrogens (tertiary/aromatic N) is 2. The molecule has 112 valence electrons. The molecule has 0 atom stereocenters. The van der Waals surface area contributed by atoms with Gasteiger partial charge in [0, 0.05) is 5.92 Å². The Morgan fingerprint density at radius 3 is 2.70 bits per heavy atom. The fourth-order valence-corrected chi connectivity index (χ4v) is 3.53. The minimum Gasteiger partial charge on any atom is -0.317 e. The Morgan fingerprint density at radius 2 is 2.05 bits per heavy atom. The van der Waals surface area contributed by atoms with Crippen molar-refractivity contribution in [2.45, 2.75) is 31.5 Å². The van der Waals surface area contributed by atoms with Crippen molar-refractivity contribution in [2.75, 3.05) is 13.1 Å². The summed E-state index contributed by atoms with van der Waals surface area (Å²) in [4.78, 5) is 0. The number of fused-ring (bicyclic) bond motifs is 1. The summed E-state index contributed by atoms with van der Waals surface area (Å²) in [5.41, 5.74) is 1.45. The third-order valence-electron chi connectivity index (χ3n) is 3.44. The smallest absolute Gasteiger partial charge is 0.317 e. The van der Waals surface area contributed by atoms with Crippen LogP contribution in [0.25, 0.3) is 10.2 Å². The summed E-state index contributed by atoms with van der Waals surface area (Å²) >= 11 is 1.48. The molecule has 0 spiro atoms. The molecule has 0 aliphatic carbocycles. The number of hydrogen-bond donors (Lipinski definition) is 1. The van der Waals surface area contributed by atoms with Gasteiger partial charge < -0.3 is 5.32 Å². The summed E-state index contributed by atoms with van der Waals surface area (Å²) in [6.07, 6.45) is -2.35. The van der Waals surface area contributed by atoms with Crippen molar-refractivity contribution in [1.82, 2.24) is 15.1 Å². The van der Waals surface area contributed by atoms with Crippen LogP contribution >= 0.6 is 23.7 Å². The standard InChI is InChI=1S/C12H14F3N3S.ClH/c13-12(14,15)7-18-9-3-6-19-11(9)10(17-18)8-1-4-16-5-2-8;/h3,6,8,16H,1-2,4-5,7H2;1H. The second-order valence-electron chi connectivity index (χ2n) is 4.82. The Hall–Kier alpha value is -0.790. The lowest BCUT2D eigenvalue weighted by Crippen LogP contribution is -2.27. The van der Waals surface area contributed by atoms with E-state index in [0.29, 0.717) is 5.52 Å². The van der Waals surface area contributed by atoms with E-state index < -0.39 is 12.7 Å². The molecule has 0 bridgehead atoms. The Morgan fingerprint density at radius 1 is 1.35 bits per heavy atom. The molecular formula is C12H15ClF3N3S. The third kappa shape index (κ3) is 3.10. The third-order valence-corrected chi connectivity index (χ3v) is 4.36. The normalized spacial score (nSPS) is 17.4. The maximum absolute atomic E-state index is 12.6. The van der Waals surface area contributed by atoms with Gasteiger partial charge in [-0.05, 0) is 37.4 Å². The summed E-state index contributed by atoms with van der Waals surface area (Å²) in [6.45, 7) is 0.804. The van der Waals surface area contributed by atoms with E-state index in [1.807, 2.05) is 5.38 Å². The number of hydrogen-bond acceptors (Lipinski definition) is 3. The first kappa shape index (κ1) is 15.6. The van der Waals surface area contributed by atoms with Crippen LogP contribution in [0.3, 0.4) is 0 Å². The molecule has 3 rings (SSSR count). The van der Waals surface area contributed by atoms with Crippen LogP contribution in [0.4, 0.5) is 13.2 Å². The van der Waals surface area contributed by atoms with Crippen LogP contribution in [-0.4, -0.2) is 29.0 Å². The molecule has 0 aromatic carbocycles. The van der Waals surface area contributed by atoms with E-state index in [1.165, 1.54) is 11.3 Å². The van der Waals surface area contributed by atoms with Crippen molar-refractivity contribution >= 4 is 34.0 Å².